The Morgan fingerprint density at radius 2 is 1.83 bits per heavy atom. The van der Waals surface area contributed by atoms with E-state index in [4.69, 9.17) is 4.74 Å². The summed E-state index contributed by atoms with van der Waals surface area (Å²) >= 11 is 0. The fourth-order valence-electron chi connectivity index (χ4n) is 2.87. The van der Waals surface area contributed by atoms with E-state index in [1.807, 2.05) is 44.2 Å². The van der Waals surface area contributed by atoms with Gasteiger partial charge in [0.25, 0.3) is 5.69 Å². The second-order valence-corrected chi connectivity index (χ2v) is 6.67. The van der Waals surface area contributed by atoms with Crippen molar-refractivity contribution in [3.8, 4) is 11.5 Å². The SMILES string of the molecule is COc1cc(/C=C/C(=O)NC(c2ccccc2)C(C)C)c([N+](=O)[O-])cc1OC(F)F. The van der Waals surface area contributed by atoms with E-state index in [9.17, 15) is 23.7 Å². The molecule has 0 aliphatic heterocycles. The molecule has 0 aliphatic carbocycles. The monoisotopic (exact) mass is 420 g/mol. The largest absolute Gasteiger partial charge is 0.493 e. The van der Waals surface area contributed by atoms with Crippen LogP contribution in [0.4, 0.5) is 14.5 Å². The Morgan fingerprint density at radius 1 is 1.17 bits per heavy atom. The number of nitro groups is 1. The fraction of sp³-hybridized carbons (Fsp3) is 0.286. The Labute approximate surface area is 172 Å². The summed E-state index contributed by atoms with van der Waals surface area (Å²) in [5.74, 6) is -0.946. The highest BCUT2D eigenvalue weighted by atomic mass is 19.3. The number of ether oxygens (including phenoxy) is 2. The Hall–Kier alpha value is -3.49. The van der Waals surface area contributed by atoms with Crippen LogP contribution in [0.15, 0.2) is 48.5 Å². The first-order valence-electron chi connectivity index (χ1n) is 9.07. The molecule has 0 heterocycles. The molecule has 0 aromatic heterocycles. The van der Waals surface area contributed by atoms with Crippen molar-refractivity contribution in [2.75, 3.05) is 7.11 Å². The van der Waals surface area contributed by atoms with Crippen LogP contribution in [0.5, 0.6) is 11.5 Å². The number of nitro benzene ring substituents is 1. The van der Waals surface area contributed by atoms with Crippen LogP contribution in [0.25, 0.3) is 6.08 Å². The molecule has 2 aromatic carbocycles. The molecule has 2 rings (SSSR count). The number of rotatable bonds is 9. The number of halogens is 2. The lowest BCUT2D eigenvalue weighted by Gasteiger charge is -2.22. The highest BCUT2D eigenvalue weighted by Crippen LogP contribution is 2.36. The van der Waals surface area contributed by atoms with Gasteiger partial charge in [0.15, 0.2) is 11.5 Å². The number of carbonyl (C=O) groups excluding carboxylic acids is 1. The molecule has 9 heteroatoms. The Balaban J connectivity index is 2.29. The number of carbonyl (C=O) groups is 1. The molecule has 160 valence electrons. The topological polar surface area (TPSA) is 90.7 Å². The predicted molar refractivity (Wildman–Crippen MR) is 107 cm³/mol. The van der Waals surface area contributed by atoms with E-state index < -0.39 is 28.9 Å². The average Bonchev–Trinajstić information content (AvgIpc) is 2.70. The first-order valence-corrected chi connectivity index (χ1v) is 9.07. The zero-order valence-corrected chi connectivity index (χ0v) is 16.7. The number of methoxy groups -OCH3 is 1. The molecule has 0 fully saturated rings. The van der Waals surface area contributed by atoms with Gasteiger partial charge in [-0.3, -0.25) is 14.9 Å². The minimum absolute atomic E-state index is 0.00873. The third-order valence-corrected chi connectivity index (χ3v) is 4.26. The van der Waals surface area contributed by atoms with Crippen LogP contribution in [-0.4, -0.2) is 24.6 Å². The van der Waals surface area contributed by atoms with Gasteiger partial charge in [-0.1, -0.05) is 44.2 Å². The zero-order valence-electron chi connectivity index (χ0n) is 16.7. The number of hydrogen-bond acceptors (Lipinski definition) is 5. The van der Waals surface area contributed by atoms with Crippen molar-refractivity contribution in [1.82, 2.24) is 5.32 Å². The molecule has 0 saturated carbocycles. The molecule has 0 bridgehead atoms. The molecular weight excluding hydrogens is 398 g/mol. The Kier molecular flexibility index (Phi) is 7.85. The number of nitrogens with zero attached hydrogens (tertiary/aromatic N) is 1. The van der Waals surface area contributed by atoms with Crippen LogP contribution >= 0.6 is 0 Å². The summed E-state index contributed by atoms with van der Waals surface area (Å²) in [4.78, 5) is 23.0. The Bertz CT molecular complexity index is 917. The van der Waals surface area contributed by atoms with Crippen LogP contribution in [0, 0.1) is 16.0 Å². The summed E-state index contributed by atoms with van der Waals surface area (Å²) in [7, 11) is 1.22. The molecule has 1 unspecified atom stereocenters. The lowest BCUT2D eigenvalue weighted by Crippen LogP contribution is -2.30. The summed E-state index contributed by atoms with van der Waals surface area (Å²) in [5, 5.41) is 14.2. The molecule has 30 heavy (non-hydrogen) atoms. The van der Waals surface area contributed by atoms with E-state index in [-0.39, 0.29) is 23.3 Å². The van der Waals surface area contributed by atoms with Crippen LogP contribution < -0.4 is 14.8 Å². The number of nitrogens with one attached hydrogen (secondary N) is 1. The quantitative estimate of drug-likeness (QED) is 0.360. The maximum Gasteiger partial charge on any atom is 0.387 e. The minimum Gasteiger partial charge on any atom is -0.493 e. The molecule has 1 amide bonds. The van der Waals surface area contributed by atoms with Crippen LogP contribution in [0.3, 0.4) is 0 Å². The molecule has 0 radical (unpaired) electrons. The summed E-state index contributed by atoms with van der Waals surface area (Å²) in [6.45, 7) is 0.745. The molecule has 0 saturated heterocycles. The van der Waals surface area contributed by atoms with Crippen LogP contribution in [0.2, 0.25) is 0 Å². The van der Waals surface area contributed by atoms with Gasteiger partial charge >= 0.3 is 6.61 Å². The van der Waals surface area contributed by atoms with Crippen LogP contribution in [-0.2, 0) is 4.79 Å². The van der Waals surface area contributed by atoms with Crippen molar-refractivity contribution >= 4 is 17.7 Å². The zero-order chi connectivity index (χ0) is 22.3. The maximum atomic E-state index is 12.5. The molecule has 0 aliphatic rings. The summed E-state index contributed by atoms with van der Waals surface area (Å²) in [5.41, 5.74) is 0.434. The molecule has 1 N–H and O–H groups in total. The summed E-state index contributed by atoms with van der Waals surface area (Å²) in [6.07, 6.45) is 2.37. The minimum atomic E-state index is -3.17. The first-order chi connectivity index (χ1) is 14.2. The molecule has 0 spiro atoms. The van der Waals surface area contributed by atoms with Crippen molar-refractivity contribution in [2.45, 2.75) is 26.5 Å². The van der Waals surface area contributed by atoms with Crippen molar-refractivity contribution in [2.24, 2.45) is 5.92 Å². The van der Waals surface area contributed by atoms with Gasteiger partial charge in [0, 0.05) is 6.08 Å². The van der Waals surface area contributed by atoms with Crippen molar-refractivity contribution < 1.29 is 28.0 Å². The van der Waals surface area contributed by atoms with Gasteiger partial charge in [0.2, 0.25) is 5.91 Å². The molecule has 7 nitrogen and oxygen atoms in total. The highest BCUT2D eigenvalue weighted by molar-refractivity contribution is 5.92. The first kappa shape index (κ1) is 22.8. The van der Waals surface area contributed by atoms with E-state index in [0.717, 1.165) is 23.8 Å². The number of hydrogen-bond donors (Lipinski definition) is 1. The number of alkyl halides is 2. The normalized spacial score (nSPS) is 12.2. The maximum absolute atomic E-state index is 12.5. The van der Waals surface area contributed by atoms with Crippen molar-refractivity contribution in [3.63, 3.8) is 0 Å². The summed E-state index contributed by atoms with van der Waals surface area (Å²) < 4.78 is 34.3. The Morgan fingerprint density at radius 3 is 2.37 bits per heavy atom. The summed E-state index contributed by atoms with van der Waals surface area (Å²) in [6, 6.07) is 11.1. The molecular formula is C21H22F2N2O5. The van der Waals surface area contributed by atoms with Gasteiger partial charge in [-0.2, -0.15) is 8.78 Å². The van der Waals surface area contributed by atoms with Crippen molar-refractivity contribution in [1.29, 1.82) is 0 Å². The standard InChI is InChI=1S/C21H22F2N2O5/c1-13(2)20(14-7-5-4-6-8-14)24-19(26)10-9-15-11-17(29-3)18(30-21(22)23)12-16(15)25(27)28/h4-13,20-21H,1-3H3,(H,24,26)/b10-9+. The predicted octanol–water partition coefficient (Wildman–Crippen LogP) is 4.73. The van der Waals surface area contributed by atoms with E-state index >= 15 is 0 Å². The van der Waals surface area contributed by atoms with E-state index in [2.05, 4.69) is 10.1 Å². The fourth-order valence-corrected chi connectivity index (χ4v) is 2.87. The van der Waals surface area contributed by atoms with Gasteiger partial charge < -0.3 is 14.8 Å². The van der Waals surface area contributed by atoms with Gasteiger partial charge in [-0.25, -0.2) is 0 Å². The van der Waals surface area contributed by atoms with E-state index in [1.165, 1.54) is 13.2 Å². The van der Waals surface area contributed by atoms with Gasteiger partial charge in [-0.05, 0) is 23.6 Å². The van der Waals surface area contributed by atoms with Gasteiger partial charge in [-0.15, -0.1) is 0 Å². The molecule has 2 aromatic rings. The molecule has 1 atom stereocenters. The smallest absolute Gasteiger partial charge is 0.387 e. The lowest BCUT2D eigenvalue weighted by molar-refractivity contribution is -0.385. The number of benzene rings is 2. The highest BCUT2D eigenvalue weighted by Gasteiger charge is 2.21. The van der Waals surface area contributed by atoms with Crippen LogP contribution in [0.1, 0.15) is 31.0 Å². The number of amides is 1. The van der Waals surface area contributed by atoms with Crippen molar-refractivity contribution in [3.05, 3.63) is 69.8 Å². The van der Waals surface area contributed by atoms with Gasteiger partial charge in [0.05, 0.1) is 29.7 Å². The second-order valence-electron chi connectivity index (χ2n) is 6.67. The third kappa shape index (κ3) is 6.00. The second kappa shape index (κ2) is 10.3. The van der Waals surface area contributed by atoms with E-state index in [1.54, 1.807) is 0 Å². The van der Waals surface area contributed by atoms with E-state index in [0.29, 0.717) is 0 Å². The average molecular weight is 420 g/mol. The third-order valence-electron chi connectivity index (χ3n) is 4.26. The lowest BCUT2D eigenvalue weighted by atomic mass is 9.96. The van der Waals surface area contributed by atoms with Gasteiger partial charge in [0.1, 0.15) is 0 Å².